The SMILES string of the molecule is Cc1ccc(NC(=O)C(=Cc2ccc3c(c2)OCO3)NC(=O)c2ccccc2Br)cc1Cl. The van der Waals surface area contributed by atoms with Crippen molar-refractivity contribution in [1.82, 2.24) is 5.32 Å². The lowest BCUT2D eigenvalue weighted by molar-refractivity contribution is -0.113. The van der Waals surface area contributed by atoms with Gasteiger partial charge in [0.15, 0.2) is 11.5 Å². The molecule has 2 amide bonds. The molecule has 0 atom stereocenters. The molecule has 0 radical (unpaired) electrons. The number of ether oxygens (including phenoxy) is 2. The predicted molar refractivity (Wildman–Crippen MR) is 127 cm³/mol. The first kappa shape index (κ1) is 21.9. The Morgan fingerprint density at radius 1 is 1.03 bits per heavy atom. The average molecular weight is 514 g/mol. The Hall–Kier alpha value is -3.29. The van der Waals surface area contributed by atoms with E-state index < -0.39 is 11.8 Å². The fourth-order valence-electron chi connectivity index (χ4n) is 3.03. The zero-order valence-electron chi connectivity index (χ0n) is 16.9. The van der Waals surface area contributed by atoms with E-state index in [9.17, 15) is 9.59 Å². The van der Waals surface area contributed by atoms with Crippen LogP contribution in [0.3, 0.4) is 0 Å². The molecule has 32 heavy (non-hydrogen) atoms. The number of hydrogen-bond donors (Lipinski definition) is 2. The van der Waals surface area contributed by atoms with E-state index in [4.69, 9.17) is 21.1 Å². The molecule has 0 aliphatic carbocycles. The van der Waals surface area contributed by atoms with Crippen LogP contribution in [0, 0.1) is 6.92 Å². The van der Waals surface area contributed by atoms with Gasteiger partial charge in [-0.05, 0) is 76.5 Å². The first-order valence-electron chi connectivity index (χ1n) is 9.65. The minimum Gasteiger partial charge on any atom is -0.454 e. The second-order valence-corrected chi connectivity index (χ2v) is 8.28. The molecule has 0 bridgehead atoms. The molecule has 1 aliphatic rings. The molecule has 8 heteroatoms. The summed E-state index contributed by atoms with van der Waals surface area (Å²) >= 11 is 9.54. The Labute approximate surface area is 198 Å². The van der Waals surface area contributed by atoms with E-state index in [-0.39, 0.29) is 12.5 Å². The monoisotopic (exact) mass is 512 g/mol. The molecule has 1 heterocycles. The fourth-order valence-corrected chi connectivity index (χ4v) is 3.68. The summed E-state index contributed by atoms with van der Waals surface area (Å²) in [5, 5.41) is 6.02. The van der Waals surface area contributed by atoms with Gasteiger partial charge in [0.1, 0.15) is 5.70 Å². The van der Waals surface area contributed by atoms with Crippen LogP contribution in [0.4, 0.5) is 5.69 Å². The molecular formula is C24H18BrClN2O4. The van der Waals surface area contributed by atoms with Crippen LogP contribution in [0.1, 0.15) is 21.5 Å². The molecule has 0 spiro atoms. The van der Waals surface area contributed by atoms with Crippen molar-refractivity contribution in [2.45, 2.75) is 6.92 Å². The zero-order chi connectivity index (χ0) is 22.7. The number of nitrogens with one attached hydrogen (secondary N) is 2. The van der Waals surface area contributed by atoms with Crippen molar-refractivity contribution in [3.8, 4) is 11.5 Å². The number of hydrogen-bond acceptors (Lipinski definition) is 4. The lowest BCUT2D eigenvalue weighted by Crippen LogP contribution is -2.31. The van der Waals surface area contributed by atoms with Crippen molar-refractivity contribution in [2.75, 3.05) is 12.1 Å². The van der Waals surface area contributed by atoms with E-state index in [0.717, 1.165) is 5.56 Å². The van der Waals surface area contributed by atoms with Crippen LogP contribution in [0.2, 0.25) is 5.02 Å². The maximum Gasteiger partial charge on any atom is 0.272 e. The fraction of sp³-hybridized carbons (Fsp3) is 0.0833. The number of rotatable bonds is 5. The van der Waals surface area contributed by atoms with Crippen molar-refractivity contribution in [3.05, 3.63) is 92.5 Å². The second kappa shape index (κ2) is 9.46. The van der Waals surface area contributed by atoms with Crippen molar-refractivity contribution in [2.24, 2.45) is 0 Å². The van der Waals surface area contributed by atoms with E-state index in [1.807, 2.05) is 6.92 Å². The Morgan fingerprint density at radius 3 is 2.59 bits per heavy atom. The summed E-state index contributed by atoms with van der Waals surface area (Å²) in [5.74, 6) is 0.269. The molecular weight excluding hydrogens is 496 g/mol. The molecule has 0 unspecified atom stereocenters. The van der Waals surface area contributed by atoms with Crippen LogP contribution >= 0.6 is 27.5 Å². The van der Waals surface area contributed by atoms with Crippen molar-refractivity contribution < 1.29 is 19.1 Å². The lowest BCUT2D eigenvalue weighted by atomic mass is 10.1. The summed E-state index contributed by atoms with van der Waals surface area (Å²) < 4.78 is 11.4. The number of carbonyl (C=O) groups excluding carboxylic acids is 2. The van der Waals surface area contributed by atoms with Crippen molar-refractivity contribution in [3.63, 3.8) is 0 Å². The van der Waals surface area contributed by atoms with Crippen LogP contribution in [0.5, 0.6) is 11.5 Å². The van der Waals surface area contributed by atoms with Crippen molar-refractivity contribution >= 4 is 51.1 Å². The maximum atomic E-state index is 13.1. The number of aryl methyl sites for hydroxylation is 1. The Morgan fingerprint density at radius 2 is 1.81 bits per heavy atom. The van der Waals surface area contributed by atoms with Crippen LogP contribution in [0.25, 0.3) is 6.08 Å². The van der Waals surface area contributed by atoms with Crippen molar-refractivity contribution in [1.29, 1.82) is 0 Å². The molecule has 2 N–H and O–H groups in total. The Bertz CT molecular complexity index is 1240. The summed E-state index contributed by atoms with van der Waals surface area (Å²) in [6, 6.07) is 17.4. The number of amides is 2. The molecule has 3 aromatic carbocycles. The first-order valence-corrected chi connectivity index (χ1v) is 10.8. The number of anilines is 1. The summed E-state index contributed by atoms with van der Waals surface area (Å²) in [6.07, 6.45) is 1.57. The van der Waals surface area contributed by atoms with Gasteiger partial charge in [0, 0.05) is 15.2 Å². The lowest BCUT2D eigenvalue weighted by Gasteiger charge is -2.13. The Balaban J connectivity index is 1.65. The first-order chi connectivity index (χ1) is 15.4. The van der Waals surface area contributed by atoms with Gasteiger partial charge < -0.3 is 20.1 Å². The highest BCUT2D eigenvalue weighted by molar-refractivity contribution is 9.10. The zero-order valence-corrected chi connectivity index (χ0v) is 19.3. The quantitative estimate of drug-likeness (QED) is 0.439. The highest BCUT2D eigenvalue weighted by atomic mass is 79.9. The summed E-state index contributed by atoms with van der Waals surface area (Å²) in [4.78, 5) is 26.0. The molecule has 0 saturated carbocycles. The van der Waals surface area contributed by atoms with E-state index in [1.165, 1.54) is 0 Å². The van der Waals surface area contributed by atoms with E-state index >= 15 is 0 Å². The van der Waals surface area contributed by atoms with Gasteiger partial charge in [0.05, 0.1) is 5.56 Å². The molecule has 1 aliphatic heterocycles. The van der Waals surface area contributed by atoms with Crippen LogP contribution in [-0.4, -0.2) is 18.6 Å². The minimum absolute atomic E-state index is 0.0568. The summed E-state index contributed by atoms with van der Waals surface area (Å²) in [5.41, 5.74) is 2.52. The molecule has 4 rings (SSSR count). The number of fused-ring (bicyclic) bond motifs is 1. The van der Waals surface area contributed by atoms with Gasteiger partial charge in [0.2, 0.25) is 6.79 Å². The Kier molecular flexibility index (Phi) is 6.48. The normalized spacial score (nSPS) is 12.4. The molecule has 3 aromatic rings. The van der Waals surface area contributed by atoms with Gasteiger partial charge in [0.25, 0.3) is 11.8 Å². The predicted octanol–water partition coefficient (Wildman–Crippen LogP) is 5.55. The number of benzene rings is 3. The third-order valence-electron chi connectivity index (χ3n) is 4.75. The van der Waals surface area contributed by atoms with Gasteiger partial charge in [-0.2, -0.15) is 0 Å². The highest BCUT2D eigenvalue weighted by Crippen LogP contribution is 2.33. The molecule has 0 fully saturated rings. The molecule has 6 nitrogen and oxygen atoms in total. The van der Waals surface area contributed by atoms with Crippen LogP contribution in [0.15, 0.2) is 70.8 Å². The molecule has 0 saturated heterocycles. The van der Waals surface area contributed by atoms with E-state index in [2.05, 4.69) is 26.6 Å². The molecule has 162 valence electrons. The van der Waals surface area contributed by atoms with E-state index in [1.54, 1.807) is 66.7 Å². The van der Waals surface area contributed by atoms with Gasteiger partial charge in [-0.3, -0.25) is 9.59 Å². The third kappa shape index (κ3) is 4.95. The van der Waals surface area contributed by atoms with Crippen LogP contribution < -0.4 is 20.1 Å². The number of halogens is 2. The molecule has 0 aromatic heterocycles. The third-order valence-corrected chi connectivity index (χ3v) is 5.85. The van der Waals surface area contributed by atoms with E-state index in [0.29, 0.717) is 37.8 Å². The van der Waals surface area contributed by atoms with Gasteiger partial charge in [-0.1, -0.05) is 35.9 Å². The number of carbonyl (C=O) groups is 2. The smallest absolute Gasteiger partial charge is 0.272 e. The largest absolute Gasteiger partial charge is 0.454 e. The summed E-state index contributed by atoms with van der Waals surface area (Å²) in [6.45, 7) is 2.01. The highest BCUT2D eigenvalue weighted by Gasteiger charge is 2.18. The van der Waals surface area contributed by atoms with Gasteiger partial charge in [-0.15, -0.1) is 0 Å². The van der Waals surface area contributed by atoms with Crippen LogP contribution in [-0.2, 0) is 4.79 Å². The minimum atomic E-state index is -0.497. The average Bonchev–Trinajstić information content (AvgIpc) is 3.24. The maximum absolute atomic E-state index is 13.1. The second-order valence-electron chi connectivity index (χ2n) is 7.02. The topological polar surface area (TPSA) is 76.7 Å². The summed E-state index contributed by atoms with van der Waals surface area (Å²) in [7, 11) is 0. The van der Waals surface area contributed by atoms with Gasteiger partial charge in [-0.25, -0.2) is 0 Å². The van der Waals surface area contributed by atoms with Gasteiger partial charge >= 0.3 is 0 Å². The standard InChI is InChI=1S/C24H18BrClN2O4/c1-14-6-8-16(12-19(14)26)27-24(30)20(28-23(29)17-4-2-3-5-18(17)25)10-15-7-9-21-22(11-15)32-13-31-21/h2-12H,13H2,1H3,(H,27,30)(H,28,29).